The number of likely N-dealkylation sites (N-methyl/N-ethyl adjacent to an activating group) is 1. The summed E-state index contributed by atoms with van der Waals surface area (Å²) in [6.07, 6.45) is 4.36. The van der Waals surface area contributed by atoms with Crippen LogP contribution >= 0.6 is 0 Å². The Morgan fingerprint density at radius 3 is 2.65 bits per heavy atom. The predicted octanol–water partition coefficient (Wildman–Crippen LogP) is 1.34. The van der Waals surface area contributed by atoms with E-state index < -0.39 is 0 Å². The van der Waals surface area contributed by atoms with Gasteiger partial charge in [0, 0.05) is 38.6 Å². The Morgan fingerprint density at radius 1 is 1.24 bits per heavy atom. The summed E-state index contributed by atoms with van der Waals surface area (Å²) in [5.41, 5.74) is 1.06. The monoisotopic (exact) mass is 238 g/mol. The van der Waals surface area contributed by atoms with Crippen molar-refractivity contribution >= 4 is 0 Å². The van der Waals surface area contributed by atoms with Gasteiger partial charge in [0.15, 0.2) is 0 Å². The maximum atomic E-state index is 10.3. The average Bonchev–Trinajstić information content (AvgIpc) is 2.48. The first-order valence-corrected chi connectivity index (χ1v) is 6.93. The summed E-state index contributed by atoms with van der Waals surface area (Å²) in [6, 6.07) is 0. The van der Waals surface area contributed by atoms with Gasteiger partial charge in [-0.25, -0.2) is 0 Å². The smallest absolute Gasteiger partial charge is 0.0787 e. The molecule has 1 heterocycles. The van der Waals surface area contributed by atoms with Gasteiger partial charge >= 0.3 is 0 Å². The number of aliphatic hydroxyl groups excluding tert-OH is 1. The van der Waals surface area contributed by atoms with Gasteiger partial charge in [-0.2, -0.15) is 0 Å². The third kappa shape index (κ3) is 3.54. The Labute approximate surface area is 105 Å². The van der Waals surface area contributed by atoms with E-state index in [1.165, 1.54) is 12.8 Å². The Kier molecular flexibility index (Phi) is 4.60. The van der Waals surface area contributed by atoms with E-state index >= 15 is 0 Å². The molecule has 17 heavy (non-hydrogen) atoms. The van der Waals surface area contributed by atoms with Crippen molar-refractivity contribution in [3.63, 3.8) is 0 Å². The van der Waals surface area contributed by atoms with Crippen LogP contribution in [0.1, 0.15) is 25.7 Å². The standard InChI is InChI=1S/C14H26N2O/c1-12-5-3-4-6-13(14(12)17)11-16-9-7-15(2)8-10-16/h13-14,17H,1,3-11H2,2H3. The molecule has 1 aliphatic heterocycles. The Hall–Kier alpha value is -0.380. The number of nitrogens with zero attached hydrogens (tertiary/aromatic N) is 2. The number of piperazine rings is 1. The van der Waals surface area contributed by atoms with Crippen LogP contribution in [0, 0.1) is 5.92 Å². The molecule has 98 valence electrons. The first-order chi connectivity index (χ1) is 8.16. The molecule has 2 fully saturated rings. The maximum Gasteiger partial charge on any atom is 0.0787 e. The largest absolute Gasteiger partial charge is 0.388 e. The average molecular weight is 238 g/mol. The molecular formula is C14H26N2O. The van der Waals surface area contributed by atoms with Crippen LogP contribution in [0.2, 0.25) is 0 Å². The van der Waals surface area contributed by atoms with Crippen LogP contribution in [0.25, 0.3) is 0 Å². The number of aliphatic hydroxyl groups is 1. The third-order valence-corrected chi connectivity index (χ3v) is 4.28. The van der Waals surface area contributed by atoms with Crippen LogP contribution in [0.3, 0.4) is 0 Å². The van der Waals surface area contributed by atoms with E-state index in [2.05, 4.69) is 23.4 Å². The minimum absolute atomic E-state index is 0.267. The molecule has 1 saturated carbocycles. The van der Waals surface area contributed by atoms with Crippen molar-refractivity contribution in [2.24, 2.45) is 5.92 Å². The molecule has 0 aromatic rings. The summed E-state index contributed by atoms with van der Waals surface area (Å²) in [5.74, 6) is 0.411. The Balaban J connectivity index is 1.86. The topological polar surface area (TPSA) is 26.7 Å². The molecule has 1 N–H and O–H groups in total. The highest BCUT2D eigenvalue weighted by molar-refractivity contribution is 5.06. The van der Waals surface area contributed by atoms with Gasteiger partial charge in [-0.3, -0.25) is 0 Å². The van der Waals surface area contributed by atoms with Crippen molar-refractivity contribution in [2.45, 2.75) is 31.8 Å². The normalized spacial score (nSPS) is 33.6. The van der Waals surface area contributed by atoms with Crippen LogP contribution in [0.15, 0.2) is 12.2 Å². The highest BCUT2D eigenvalue weighted by Crippen LogP contribution is 2.27. The van der Waals surface area contributed by atoms with Crippen LogP contribution in [0.5, 0.6) is 0 Å². The summed E-state index contributed by atoms with van der Waals surface area (Å²) in [4.78, 5) is 4.88. The zero-order chi connectivity index (χ0) is 12.3. The lowest BCUT2D eigenvalue weighted by atomic mass is 9.94. The zero-order valence-electron chi connectivity index (χ0n) is 11.1. The van der Waals surface area contributed by atoms with Crippen molar-refractivity contribution in [1.82, 2.24) is 9.80 Å². The predicted molar refractivity (Wildman–Crippen MR) is 71.0 cm³/mol. The molecule has 1 saturated heterocycles. The highest BCUT2D eigenvalue weighted by Gasteiger charge is 2.27. The lowest BCUT2D eigenvalue weighted by molar-refractivity contribution is 0.0792. The Bertz CT molecular complexity index is 259. The fraction of sp³-hybridized carbons (Fsp3) is 0.857. The molecule has 2 atom stereocenters. The second kappa shape index (κ2) is 5.98. The molecule has 1 aliphatic carbocycles. The van der Waals surface area contributed by atoms with E-state index in [-0.39, 0.29) is 6.10 Å². The lowest BCUT2D eigenvalue weighted by Crippen LogP contribution is -2.47. The molecule has 0 bridgehead atoms. The van der Waals surface area contributed by atoms with E-state index in [9.17, 15) is 5.11 Å². The van der Waals surface area contributed by atoms with Gasteiger partial charge in [-0.05, 0) is 31.9 Å². The van der Waals surface area contributed by atoms with Gasteiger partial charge in [0.25, 0.3) is 0 Å². The van der Waals surface area contributed by atoms with Crippen molar-refractivity contribution in [2.75, 3.05) is 39.8 Å². The van der Waals surface area contributed by atoms with Crippen molar-refractivity contribution in [3.8, 4) is 0 Å². The zero-order valence-corrected chi connectivity index (χ0v) is 11.1. The van der Waals surface area contributed by atoms with Crippen molar-refractivity contribution in [3.05, 3.63) is 12.2 Å². The summed E-state index contributed by atoms with van der Waals surface area (Å²) >= 11 is 0. The van der Waals surface area contributed by atoms with Crippen LogP contribution in [-0.4, -0.2) is 60.8 Å². The van der Waals surface area contributed by atoms with Gasteiger partial charge in [0.1, 0.15) is 0 Å². The minimum Gasteiger partial charge on any atom is -0.388 e. The van der Waals surface area contributed by atoms with E-state index in [1.807, 2.05) is 0 Å². The maximum absolute atomic E-state index is 10.3. The number of hydrogen-bond donors (Lipinski definition) is 1. The second-order valence-corrected chi connectivity index (χ2v) is 5.71. The van der Waals surface area contributed by atoms with Gasteiger partial charge in [-0.1, -0.05) is 13.0 Å². The summed E-state index contributed by atoms with van der Waals surface area (Å²) in [6.45, 7) is 9.69. The molecule has 2 unspecified atom stereocenters. The minimum atomic E-state index is -0.267. The molecule has 0 spiro atoms. The summed E-state index contributed by atoms with van der Waals surface area (Å²) < 4.78 is 0. The summed E-state index contributed by atoms with van der Waals surface area (Å²) in [7, 11) is 2.18. The lowest BCUT2D eigenvalue weighted by Gasteiger charge is -2.35. The van der Waals surface area contributed by atoms with Gasteiger partial charge in [0.2, 0.25) is 0 Å². The van der Waals surface area contributed by atoms with Gasteiger partial charge in [-0.15, -0.1) is 0 Å². The fourth-order valence-electron chi connectivity index (χ4n) is 2.95. The number of rotatable bonds is 2. The molecule has 3 heteroatoms. The quantitative estimate of drug-likeness (QED) is 0.581. The molecule has 0 aromatic carbocycles. The molecule has 0 amide bonds. The van der Waals surface area contributed by atoms with Crippen LogP contribution in [0.4, 0.5) is 0 Å². The fourth-order valence-corrected chi connectivity index (χ4v) is 2.95. The highest BCUT2D eigenvalue weighted by atomic mass is 16.3. The van der Waals surface area contributed by atoms with Crippen molar-refractivity contribution < 1.29 is 5.11 Å². The Morgan fingerprint density at radius 2 is 1.94 bits per heavy atom. The molecule has 2 aliphatic rings. The molecular weight excluding hydrogens is 212 g/mol. The second-order valence-electron chi connectivity index (χ2n) is 5.71. The SMILES string of the molecule is C=C1CCCCC(CN2CCN(C)CC2)C1O. The van der Waals surface area contributed by atoms with Crippen molar-refractivity contribution in [1.29, 1.82) is 0 Å². The first kappa shape index (κ1) is 13.1. The van der Waals surface area contributed by atoms with E-state index in [1.54, 1.807) is 0 Å². The van der Waals surface area contributed by atoms with Crippen LogP contribution < -0.4 is 0 Å². The van der Waals surface area contributed by atoms with Gasteiger partial charge in [0.05, 0.1) is 6.10 Å². The molecule has 0 aromatic heterocycles. The summed E-state index contributed by atoms with van der Waals surface area (Å²) in [5, 5.41) is 10.3. The molecule has 0 radical (unpaired) electrons. The van der Waals surface area contributed by atoms with Gasteiger partial charge < -0.3 is 14.9 Å². The van der Waals surface area contributed by atoms with E-state index in [4.69, 9.17) is 0 Å². The third-order valence-electron chi connectivity index (χ3n) is 4.28. The van der Waals surface area contributed by atoms with Crippen LogP contribution in [-0.2, 0) is 0 Å². The van der Waals surface area contributed by atoms with E-state index in [0.29, 0.717) is 5.92 Å². The molecule has 3 nitrogen and oxygen atoms in total. The molecule has 2 rings (SSSR count). The van der Waals surface area contributed by atoms with E-state index in [0.717, 1.165) is 51.1 Å². The first-order valence-electron chi connectivity index (χ1n) is 6.93. The number of hydrogen-bond acceptors (Lipinski definition) is 3.